The van der Waals surface area contributed by atoms with Crippen molar-refractivity contribution in [2.45, 2.75) is 26.2 Å². The number of carbonyl (C=O) groups excluding carboxylic acids is 3. The Balaban J connectivity index is 1.47. The van der Waals surface area contributed by atoms with Crippen molar-refractivity contribution in [3.8, 4) is 0 Å². The van der Waals surface area contributed by atoms with Gasteiger partial charge in [0.15, 0.2) is 5.13 Å². The molecular weight excluding hydrogens is 422 g/mol. The van der Waals surface area contributed by atoms with E-state index < -0.39 is 0 Å². The van der Waals surface area contributed by atoms with Gasteiger partial charge in [-0.1, -0.05) is 35.9 Å². The number of benzene rings is 2. The Bertz CT molecular complexity index is 1140. The lowest BCUT2D eigenvalue weighted by Crippen LogP contribution is -2.28. The summed E-state index contributed by atoms with van der Waals surface area (Å²) < 4.78 is 0. The van der Waals surface area contributed by atoms with Crippen LogP contribution in [-0.4, -0.2) is 22.7 Å². The Morgan fingerprint density at radius 1 is 1.17 bits per heavy atom. The third-order valence-electron chi connectivity index (χ3n) is 4.83. The smallest absolute Gasteiger partial charge is 0.257 e. The van der Waals surface area contributed by atoms with Gasteiger partial charge in [-0.25, -0.2) is 4.98 Å². The summed E-state index contributed by atoms with van der Waals surface area (Å²) in [5, 5.41) is 3.98. The Morgan fingerprint density at radius 2 is 1.90 bits per heavy atom. The zero-order valence-corrected chi connectivity index (χ0v) is 17.7. The highest BCUT2D eigenvalue weighted by Gasteiger charge is 2.30. The standard InChI is InChI=1S/C22H18ClN3O3S/c1-13-4-2-5-14(20(13)23)11-17-12-24-22(30-17)25-21(29)15-6-3-7-16(10-15)26-18(27)8-9-19(26)28/h2-7,10,12H,8-9,11H2,1H3,(H,24,25,29). The number of carbonyl (C=O) groups is 3. The van der Waals surface area contributed by atoms with Crippen LogP contribution in [0.5, 0.6) is 0 Å². The van der Waals surface area contributed by atoms with Gasteiger partial charge in [0.1, 0.15) is 0 Å². The largest absolute Gasteiger partial charge is 0.298 e. The molecule has 0 bridgehead atoms. The molecule has 4 rings (SSSR count). The summed E-state index contributed by atoms with van der Waals surface area (Å²) in [5.41, 5.74) is 2.77. The number of nitrogens with zero attached hydrogens (tertiary/aromatic N) is 2. The van der Waals surface area contributed by atoms with E-state index in [0.29, 0.717) is 22.8 Å². The molecule has 0 radical (unpaired) electrons. The van der Waals surface area contributed by atoms with Gasteiger partial charge in [-0.3, -0.25) is 24.6 Å². The summed E-state index contributed by atoms with van der Waals surface area (Å²) in [4.78, 5) is 42.9. The monoisotopic (exact) mass is 439 g/mol. The van der Waals surface area contributed by atoms with Gasteiger partial charge >= 0.3 is 0 Å². The summed E-state index contributed by atoms with van der Waals surface area (Å²) in [5.74, 6) is -0.862. The number of halogens is 1. The van der Waals surface area contributed by atoms with Crippen LogP contribution in [-0.2, 0) is 16.0 Å². The van der Waals surface area contributed by atoms with Crippen molar-refractivity contribution in [1.29, 1.82) is 0 Å². The van der Waals surface area contributed by atoms with E-state index in [1.807, 2.05) is 25.1 Å². The maximum Gasteiger partial charge on any atom is 0.257 e. The van der Waals surface area contributed by atoms with Crippen molar-refractivity contribution in [2.75, 3.05) is 10.2 Å². The average Bonchev–Trinajstić information content (AvgIpc) is 3.31. The molecule has 1 aliphatic heterocycles. The molecule has 0 atom stereocenters. The fourth-order valence-corrected chi connectivity index (χ4v) is 4.32. The summed E-state index contributed by atoms with van der Waals surface area (Å²) in [6, 6.07) is 12.4. The predicted octanol–water partition coefficient (Wildman–Crippen LogP) is 4.60. The first-order valence-corrected chi connectivity index (χ1v) is 10.6. The number of nitrogens with one attached hydrogen (secondary N) is 1. The molecule has 2 aromatic carbocycles. The average molecular weight is 440 g/mol. The maximum atomic E-state index is 12.7. The minimum Gasteiger partial charge on any atom is -0.298 e. The van der Waals surface area contributed by atoms with Gasteiger partial charge in [-0.2, -0.15) is 0 Å². The van der Waals surface area contributed by atoms with Crippen LogP contribution >= 0.6 is 22.9 Å². The molecular formula is C22H18ClN3O3S. The number of anilines is 2. The van der Waals surface area contributed by atoms with Crippen LogP contribution in [0.25, 0.3) is 0 Å². The van der Waals surface area contributed by atoms with Gasteiger partial charge in [0, 0.05) is 40.9 Å². The molecule has 2 heterocycles. The van der Waals surface area contributed by atoms with Gasteiger partial charge in [0.05, 0.1) is 5.69 Å². The SMILES string of the molecule is Cc1cccc(Cc2cnc(NC(=O)c3cccc(N4C(=O)CCC4=O)c3)s2)c1Cl. The Kier molecular flexibility index (Phi) is 5.65. The molecule has 1 aliphatic rings. The third-order valence-corrected chi connectivity index (χ3v) is 6.28. The number of aromatic nitrogens is 1. The van der Waals surface area contributed by atoms with E-state index >= 15 is 0 Å². The van der Waals surface area contributed by atoms with Crippen molar-refractivity contribution >= 4 is 51.5 Å². The quantitative estimate of drug-likeness (QED) is 0.589. The third kappa shape index (κ3) is 4.13. The summed E-state index contributed by atoms with van der Waals surface area (Å²) in [6.45, 7) is 1.96. The number of thiazole rings is 1. The molecule has 30 heavy (non-hydrogen) atoms. The first-order chi connectivity index (χ1) is 14.4. The highest BCUT2D eigenvalue weighted by molar-refractivity contribution is 7.15. The van der Waals surface area contributed by atoms with Crippen molar-refractivity contribution in [3.05, 3.63) is 75.3 Å². The van der Waals surface area contributed by atoms with Crippen molar-refractivity contribution in [2.24, 2.45) is 0 Å². The molecule has 0 aliphatic carbocycles. The molecule has 8 heteroatoms. The lowest BCUT2D eigenvalue weighted by Gasteiger charge is -2.14. The zero-order chi connectivity index (χ0) is 21.3. The molecule has 3 amide bonds. The molecule has 3 aromatic rings. The lowest BCUT2D eigenvalue weighted by molar-refractivity contribution is -0.121. The minimum absolute atomic E-state index is 0.197. The number of amides is 3. The Morgan fingerprint density at radius 3 is 2.67 bits per heavy atom. The summed E-state index contributed by atoms with van der Waals surface area (Å²) in [6.07, 6.45) is 2.74. The molecule has 6 nitrogen and oxygen atoms in total. The normalized spacial score (nSPS) is 13.7. The molecule has 0 spiro atoms. The number of imide groups is 1. The highest BCUT2D eigenvalue weighted by Crippen LogP contribution is 2.28. The van der Waals surface area contributed by atoms with Crippen LogP contribution in [0.3, 0.4) is 0 Å². The summed E-state index contributed by atoms with van der Waals surface area (Å²) >= 11 is 7.74. The van der Waals surface area contributed by atoms with Crippen LogP contribution in [0.4, 0.5) is 10.8 Å². The number of aryl methyl sites for hydroxylation is 1. The van der Waals surface area contributed by atoms with Crippen LogP contribution in [0.1, 0.15) is 39.2 Å². The van der Waals surface area contributed by atoms with Crippen LogP contribution in [0.15, 0.2) is 48.7 Å². The minimum atomic E-state index is -0.356. The fourth-order valence-electron chi connectivity index (χ4n) is 3.30. The molecule has 1 N–H and O–H groups in total. The molecule has 152 valence electrons. The molecule has 0 saturated carbocycles. The molecule has 1 saturated heterocycles. The highest BCUT2D eigenvalue weighted by atomic mass is 35.5. The van der Waals surface area contributed by atoms with E-state index in [2.05, 4.69) is 10.3 Å². The molecule has 1 aromatic heterocycles. The van der Waals surface area contributed by atoms with E-state index in [0.717, 1.165) is 25.9 Å². The first kappa shape index (κ1) is 20.3. The van der Waals surface area contributed by atoms with E-state index in [-0.39, 0.29) is 30.6 Å². The van der Waals surface area contributed by atoms with Crippen molar-refractivity contribution in [3.63, 3.8) is 0 Å². The van der Waals surface area contributed by atoms with Gasteiger partial charge in [-0.05, 0) is 36.2 Å². The number of hydrogen-bond acceptors (Lipinski definition) is 5. The van der Waals surface area contributed by atoms with Gasteiger partial charge in [0.2, 0.25) is 11.8 Å². The first-order valence-electron chi connectivity index (χ1n) is 9.38. The van der Waals surface area contributed by atoms with E-state index in [1.165, 1.54) is 17.4 Å². The summed E-state index contributed by atoms with van der Waals surface area (Å²) in [7, 11) is 0. The lowest BCUT2D eigenvalue weighted by atomic mass is 10.1. The van der Waals surface area contributed by atoms with Crippen LogP contribution < -0.4 is 10.2 Å². The van der Waals surface area contributed by atoms with E-state index in [1.54, 1.807) is 24.4 Å². The van der Waals surface area contributed by atoms with Crippen LogP contribution in [0.2, 0.25) is 5.02 Å². The van der Waals surface area contributed by atoms with Gasteiger partial charge in [0.25, 0.3) is 5.91 Å². The molecule has 1 fully saturated rings. The zero-order valence-electron chi connectivity index (χ0n) is 16.1. The fraction of sp³-hybridized carbons (Fsp3) is 0.182. The van der Waals surface area contributed by atoms with Crippen molar-refractivity contribution < 1.29 is 14.4 Å². The number of rotatable bonds is 5. The van der Waals surface area contributed by atoms with Gasteiger partial charge < -0.3 is 0 Å². The van der Waals surface area contributed by atoms with E-state index in [9.17, 15) is 14.4 Å². The second-order valence-corrected chi connectivity index (χ2v) is 8.48. The van der Waals surface area contributed by atoms with E-state index in [4.69, 9.17) is 11.6 Å². The van der Waals surface area contributed by atoms with Crippen LogP contribution in [0, 0.1) is 6.92 Å². The second kappa shape index (κ2) is 8.38. The topological polar surface area (TPSA) is 79.4 Å². The molecule has 0 unspecified atom stereocenters. The Labute approximate surface area is 182 Å². The van der Waals surface area contributed by atoms with Gasteiger partial charge in [-0.15, -0.1) is 11.3 Å². The van der Waals surface area contributed by atoms with Crippen molar-refractivity contribution in [1.82, 2.24) is 4.98 Å². The second-order valence-electron chi connectivity index (χ2n) is 6.98. The number of hydrogen-bond donors (Lipinski definition) is 1. The predicted molar refractivity (Wildman–Crippen MR) is 117 cm³/mol. The Hall–Kier alpha value is -3.03. The maximum absolute atomic E-state index is 12.7.